The van der Waals surface area contributed by atoms with Crippen molar-refractivity contribution >= 4 is 5.78 Å². The van der Waals surface area contributed by atoms with Crippen LogP contribution in [0.5, 0.6) is 0 Å². The monoisotopic (exact) mass is 204 g/mol. The van der Waals surface area contributed by atoms with Gasteiger partial charge in [0.05, 0.1) is 0 Å². The number of hydrogen-bond donors (Lipinski definition) is 0. The van der Waals surface area contributed by atoms with Crippen LogP contribution in [0.2, 0.25) is 0 Å². The fraction of sp³-hybridized carbons (Fsp3) is 0.643. The summed E-state index contributed by atoms with van der Waals surface area (Å²) in [6.07, 6.45) is 5.36. The molecule has 0 amide bonds. The topological polar surface area (TPSA) is 17.1 Å². The molecule has 0 spiro atoms. The van der Waals surface area contributed by atoms with Crippen molar-refractivity contribution in [2.24, 2.45) is 11.8 Å². The lowest BCUT2D eigenvalue weighted by atomic mass is 9.66. The van der Waals surface area contributed by atoms with E-state index >= 15 is 0 Å². The van der Waals surface area contributed by atoms with E-state index in [1.165, 1.54) is 30.4 Å². The summed E-state index contributed by atoms with van der Waals surface area (Å²) < 4.78 is 0. The van der Waals surface area contributed by atoms with E-state index in [0.29, 0.717) is 17.6 Å². The summed E-state index contributed by atoms with van der Waals surface area (Å²) in [7, 11) is 0. The fourth-order valence-corrected chi connectivity index (χ4v) is 3.04. The highest BCUT2D eigenvalue weighted by Crippen LogP contribution is 2.43. The minimum atomic E-state index is 0.394. The van der Waals surface area contributed by atoms with Crippen molar-refractivity contribution in [2.75, 3.05) is 0 Å². The van der Waals surface area contributed by atoms with Gasteiger partial charge in [-0.3, -0.25) is 4.79 Å². The van der Waals surface area contributed by atoms with E-state index < -0.39 is 0 Å². The fourth-order valence-electron chi connectivity index (χ4n) is 3.04. The van der Waals surface area contributed by atoms with Gasteiger partial charge in [0.2, 0.25) is 0 Å². The zero-order valence-corrected chi connectivity index (χ0v) is 9.81. The maximum Gasteiger partial charge on any atom is 0.159 e. The third-order valence-electron chi connectivity index (χ3n) is 3.98. The van der Waals surface area contributed by atoms with E-state index in [1.54, 1.807) is 0 Å². The van der Waals surface area contributed by atoms with Crippen molar-refractivity contribution in [3.8, 4) is 0 Å². The number of hydrogen-bond acceptors (Lipinski definition) is 1. The number of ketones is 1. The van der Waals surface area contributed by atoms with E-state index in [-0.39, 0.29) is 0 Å². The molecule has 82 valence electrons. The quantitative estimate of drug-likeness (QED) is 0.435. The number of allylic oxidation sites excluding steroid dienone is 3. The number of carbonyl (C=O) groups is 1. The SMILES string of the molecule is C=C1CCC[C@H]2CC(=O)C(=C(C)C)C[C@H]12. The number of rotatable bonds is 0. The molecule has 0 heterocycles. The van der Waals surface area contributed by atoms with Crippen LogP contribution in [0, 0.1) is 11.8 Å². The molecule has 2 saturated carbocycles. The van der Waals surface area contributed by atoms with Crippen LogP contribution in [0.4, 0.5) is 0 Å². The molecule has 2 aliphatic rings. The molecule has 0 unspecified atom stereocenters. The Kier molecular flexibility index (Phi) is 2.81. The lowest BCUT2D eigenvalue weighted by molar-refractivity contribution is -0.118. The molecule has 2 atom stereocenters. The summed E-state index contributed by atoms with van der Waals surface area (Å²) >= 11 is 0. The van der Waals surface area contributed by atoms with Crippen molar-refractivity contribution in [3.05, 3.63) is 23.3 Å². The highest BCUT2D eigenvalue weighted by Gasteiger charge is 2.35. The van der Waals surface area contributed by atoms with Gasteiger partial charge in [-0.25, -0.2) is 0 Å². The zero-order valence-electron chi connectivity index (χ0n) is 9.81. The lowest BCUT2D eigenvalue weighted by Gasteiger charge is -2.37. The average Bonchev–Trinajstić information content (AvgIpc) is 2.16. The highest BCUT2D eigenvalue weighted by molar-refractivity contribution is 5.97. The van der Waals surface area contributed by atoms with E-state index in [0.717, 1.165) is 18.4 Å². The average molecular weight is 204 g/mol. The zero-order chi connectivity index (χ0) is 11.0. The number of Topliss-reactive ketones (excluding diaryl/α,β-unsaturated/α-hetero) is 1. The molecule has 15 heavy (non-hydrogen) atoms. The van der Waals surface area contributed by atoms with Gasteiger partial charge in [-0.05, 0) is 56.9 Å². The number of carbonyl (C=O) groups excluding carboxylic acids is 1. The van der Waals surface area contributed by atoms with Gasteiger partial charge >= 0.3 is 0 Å². The Morgan fingerprint density at radius 2 is 2.07 bits per heavy atom. The molecular formula is C14H20O. The van der Waals surface area contributed by atoms with Crippen molar-refractivity contribution in [1.82, 2.24) is 0 Å². The molecule has 1 heteroatoms. The molecule has 0 aromatic carbocycles. The summed E-state index contributed by atoms with van der Waals surface area (Å²) in [5, 5.41) is 0. The molecule has 2 rings (SSSR count). The van der Waals surface area contributed by atoms with Crippen LogP contribution < -0.4 is 0 Å². The predicted molar refractivity (Wildman–Crippen MR) is 62.6 cm³/mol. The van der Waals surface area contributed by atoms with Gasteiger partial charge in [0, 0.05) is 6.42 Å². The van der Waals surface area contributed by atoms with Crippen molar-refractivity contribution < 1.29 is 4.79 Å². The first-order valence-electron chi connectivity index (χ1n) is 5.97. The molecule has 0 aliphatic heterocycles. The van der Waals surface area contributed by atoms with E-state index in [2.05, 4.69) is 20.4 Å². The van der Waals surface area contributed by atoms with Crippen LogP contribution in [-0.4, -0.2) is 5.78 Å². The van der Waals surface area contributed by atoms with Gasteiger partial charge < -0.3 is 0 Å². The van der Waals surface area contributed by atoms with Gasteiger partial charge in [0.1, 0.15) is 0 Å². The summed E-state index contributed by atoms with van der Waals surface area (Å²) in [4.78, 5) is 11.9. The molecular weight excluding hydrogens is 184 g/mol. The Labute approximate surface area is 92.3 Å². The highest BCUT2D eigenvalue weighted by atomic mass is 16.1. The summed E-state index contributed by atoms with van der Waals surface area (Å²) in [5.41, 5.74) is 3.67. The van der Waals surface area contributed by atoms with Crippen LogP contribution in [0.1, 0.15) is 46.0 Å². The van der Waals surface area contributed by atoms with Crippen LogP contribution in [0.25, 0.3) is 0 Å². The van der Waals surface area contributed by atoms with Crippen molar-refractivity contribution in [2.45, 2.75) is 46.0 Å². The van der Waals surface area contributed by atoms with Gasteiger partial charge in [-0.1, -0.05) is 17.7 Å². The molecule has 0 aromatic rings. The third kappa shape index (κ3) is 1.92. The van der Waals surface area contributed by atoms with Crippen molar-refractivity contribution in [3.63, 3.8) is 0 Å². The summed E-state index contributed by atoms with van der Waals surface area (Å²) in [6, 6.07) is 0. The van der Waals surface area contributed by atoms with Crippen LogP contribution in [0.15, 0.2) is 23.3 Å². The maximum atomic E-state index is 11.9. The van der Waals surface area contributed by atoms with Gasteiger partial charge in [-0.15, -0.1) is 0 Å². The van der Waals surface area contributed by atoms with Crippen LogP contribution in [-0.2, 0) is 4.79 Å². The Morgan fingerprint density at radius 3 is 2.73 bits per heavy atom. The second-order valence-electron chi connectivity index (χ2n) is 5.23. The Hall–Kier alpha value is -0.850. The van der Waals surface area contributed by atoms with E-state index in [4.69, 9.17) is 0 Å². The molecule has 1 nitrogen and oxygen atoms in total. The van der Waals surface area contributed by atoms with Crippen molar-refractivity contribution in [1.29, 1.82) is 0 Å². The minimum absolute atomic E-state index is 0.394. The van der Waals surface area contributed by atoms with E-state index in [9.17, 15) is 4.79 Å². The minimum Gasteiger partial charge on any atom is -0.295 e. The second kappa shape index (κ2) is 3.96. The normalized spacial score (nSPS) is 31.5. The van der Waals surface area contributed by atoms with Gasteiger partial charge in [0.15, 0.2) is 5.78 Å². The molecule has 0 N–H and O–H groups in total. The Bertz CT molecular complexity index is 331. The second-order valence-corrected chi connectivity index (χ2v) is 5.23. The smallest absolute Gasteiger partial charge is 0.159 e. The molecule has 0 bridgehead atoms. The Morgan fingerprint density at radius 1 is 1.33 bits per heavy atom. The van der Waals surface area contributed by atoms with Gasteiger partial charge in [0.25, 0.3) is 0 Å². The third-order valence-corrected chi connectivity index (χ3v) is 3.98. The molecule has 0 radical (unpaired) electrons. The molecule has 2 fully saturated rings. The maximum absolute atomic E-state index is 11.9. The molecule has 0 saturated heterocycles. The van der Waals surface area contributed by atoms with Gasteiger partial charge in [-0.2, -0.15) is 0 Å². The first-order chi connectivity index (χ1) is 7.09. The summed E-state index contributed by atoms with van der Waals surface area (Å²) in [6.45, 7) is 8.29. The Balaban J connectivity index is 2.24. The standard InChI is InChI=1S/C14H20O/c1-9(2)12-8-13-10(3)5-4-6-11(13)7-14(12)15/h11,13H,3-8H2,1-2H3/t11-,13+/m0/s1. The summed E-state index contributed by atoms with van der Waals surface area (Å²) in [5.74, 6) is 1.59. The van der Waals surface area contributed by atoms with Crippen LogP contribution >= 0.6 is 0 Å². The first kappa shape index (κ1) is 10.7. The lowest BCUT2D eigenvalue weighted by Crippen LogP contribution is -2.31. The largest absolute Gasteiger partial charge is 0.295 e. The molecule has 2 aliphatic carbocycles. The first-order valence-corrected chi connectivity index (χ1v) is 5.97. The number of fused-ring (bicyclic) bond motifs is 1. The van der Waals surface area contributed by atoms with Crippen LogP contribution in [0.3, 0.4) is 0 Å². The van der Waals surface area contributed by atoms with E-state index in [1.807, 2.05) is 0 Å². The molecule has 0 aromatic heterocycles. The predicted octanol–water partition coefficient (Wildman–Crippen LogP) is 3.66.